The normalized spacial score (nSPS) is 29.8. The third kappa shape index (κ3) is 2.18. The van der Waals surface area contributed by atoms with E-state index in [4.69, 9.17) is 0 Å². The van der Waals surface area contributed by atoms with E-state index in [2.05, 4.69) is 10.2 Å². The summed E-state index contributed by atoms with van der Waals surface area (Å²) in [5.74, 6) is -1.85. The molecule has 4 aliphatic heterocycles. The van der Waals surface area contributed by atoms with Gasteiger partial charge in [0, 0.05) is 17.3 Å². The van der Waals surface area contributed by atoms with Crippen molar-refractivity contribution >= 4 is 39.9 Å². The number of nitrogens with zero attached hydrogens (tertiary/aromatic N) is 2. The van der Waals surface area contributed by atoms with Crippen LogP contribution in [0.1, 0.15) is 29.5 Å². The summed E-state index contributed by atoms with van der Waals surface area (Å²) in [5, 5.41) is 5.15. The van der Waals surface area contributed by atoms with E-state index in [0.717, 1.165) is 46.0 Å². The molecule has 4 aliphatic rings. The maximum atomic E-state index is 14.1. The van der Waals surface area contributed by atoms with E-state index in [1.807, 2.05) is 68.4 Å². The predicted molar refractivity (Wildman–Crippen MR) is 129 cm³/mol. The minimum Gasteiger partial charge on any atom is -0.324 e. The Morgan fingerprint density at radius 1 is 0.941 bits per heavy atom. The Hall–Kier alpha value is -3.51. The molecule has 0 unspecified atom stereocenters. The summed E-state index contributed by atoms with van der Waals surface area (Å²) in [6.45, 7) is 4.74. The molecule has 0 saturated carbocycles. The summed E-state index contributed by atoms with van der Waals surface area (Å²) in [5.41, 5.74) is 3.22. The second-order valence-corrected chi connectivity index (χ2v) is 10.1. The number of rotatable bonds is 1. The second-order valence-electron chi connectivity index (χ2n) is 10.1. The summed E-state index contributed by atoms with van der Waals surface area (Å²) in [4.78, 5) is 45.4. The van der Waals surface area contributed by atoms with Gasteiger partial charge >= 0.3 is 0 Å². The lowest BCUT2D eigenvalue weighted by molar-refractivity contribution is -0.135. The average Bonchev–Trinajstić information content (AvgIpc) is 3.55. The van der Waals surface area contributed by atoms with Crippen molar-refractivity contribution in [3.8, 4) is 0 Å². The molecule has 6 heteroatoms. The third-order valence-electron chi connectivity index (χ3n) is 8.69. The molecule has 3 fully saturated rings. The molecule has 6 nitrogen and oxygen atoms in total. The molecule has 7 rings (SSSR count). The van der Waals surface area contributed by atoms with Crippen LogP contribution in [0.4, 0.5) is 11.4 Å². The van der Waals surface area contributed by atoms with E-state index in [1.165, 1.54) is 4.90 Å². The van der Waals surface area contributed by atoms with Gasteiger partial charge in [-0.05, 0) is 67.3 Å². The first-order valence-electron chi connectivity index (χ1n) is 12.0. The fourth-order valence-corrected chi connectivity index (χ4v) is 7.09. The molecular formula is C28H25N3O3. The van der Waals surface area contributed by atoms with Crippen LogP contribution >= 0.6 is 0 Å². The molecular weight excluding hydrogens is 426 g/mol. The minimum absolute atomic E-state index is 0.106. The summed E-state index contributed by atoms with van der Waals surface area (Å²) in [6.07, 6.45) is 1.74. The van der Waals surface area contributed by atoms with Crippen molar-refractivity contribution in [3.63, 3.8) is 0 Å². The smallest absolute Gasteiger partial charge is 0.250 e. The average molecular weight is 452 g/mol. The standard InChI is InChI=1S/C28H25N3O3/c1-15-9-12-20-24(16(15)2)29-27(34)28(20)23-22(21-8-5-13-30(21)28)25(32)31(26(23)33)19-11-10-17-6-3-4-7-18(17)14-19/h3-4,6-7,9-12,14,21-23H,5,8,13H2,1-2H3,(H,29,34)/t21-,22+,23-,28+/m0/s1. The van der Waals surface area contributed by atoms with Gasteiger partial charge in [-0.15, -0.1) is 0 Å². The number of nitrogens with one attached hydrogen (secondary N) is 1. The number of carbonyl (C=O) groups excluding carboxylic acids is 3. The molecule has 0 bridgehead atoms. The molecule has 0 radical (unpaired) electrons. The summed E-state index contributed by atoms with van der Waals surface area (Å²) in [7, 11) is 0. The summed E-state index contributed by atoms with van der Waals surface area (Å²) >= 11 is 0. The van der Waals surface area contributed by atoms with E-state index < -0.39 is 17.4 Å². The van der Waals surface area contributed by atoms with Crippen molar-refractivity contribution in [2.45, 2.75) is 38.3 Å². The maximum absolute atomic E-state index is 14.1. The molecule has 4 heterocycles. The third-order valence-corrected chi connectivity index (χ3v) is 8.69. The Kier molecular flexibility index (Phi) is 3.83. The minimum atomic E-state index is -1.13. The van der Waals surface area contributed by atoms with E-state index >= 15 is 0 Å². The first kappa shape index (κ1) is 19.9. The number of hydrogen-bond donors (Lipinski definition) is 1. The predicted octanol–water partition coefficient (Wildman–Crippen LogP) is 3.89. The Bertz CT molecular complexity index is 1450. The van der Waals surface area contributed by atoms with Crippen molar-refractivity contribution in [3.05, 3.63) is 71.3 Å². The van der Waals surface area contributed by atoms with Crippen molar-refractivity contribution in [1.82, 2.24) is 4.90 Å². The van der Waals surface area contributed by atoms with Crippen molar-refractivity contribution < 1.29 is 14.4 Å². The van der Waals surface area contributed by atoms with Gasteiger partial charge in [0.1, 0.15) is 5.54 Å². The van der Waals surface area contributed by atoms with Gasteiger partial charge < -0.3 is 5.32 Å². The highest BCUT2D eigenvalue weighted by atomic mass is 16.2. The zero-order valence-corrected chi connectivity index (χ0v) is 19.2. The van der Waals surface area contributed by atoms with Gasteiger partial charge in [0.2, 0.25) is 17.7 Å². The van der Waals surface area contributed by atoms with Crippen LogP contribution in [0.2, 0.25) is 0 Å². The van der Waals surface area contributed by atoms with Crippen LogP contribution < -0.4 is 10.2 Å². The molecule has 170 valence electrons. The number of amides is 3. The second kappa shape index (κ2) is 6.54. The lowest BCUT2D eigenvalue weighted by Crippen LogP contribution is -2.54. The van der Waals surface area contributed by atoms with Crippen LogP contribution in [-0.4, -0.2) is 35.2 Å². The van der Waals surface area contributed by atoms with Gasteiger partial charge in [0.15, 0.2) is 0 Å². The van der Waals surface area contributed by atoms with Gasteiger partial charge in [-0.3, -0.25) is 19.3 Å². The molecule has 3 aromatic carbocycles. The molecule has 0 aliphatic carbocycles. The number of benzene rings is 3. The van der Waals surface area contributed by atoms with Gasteiger partial charge in [-0.25, -0.2) is 4.90 Å². The van der Waals surface area contributed by atoms with Crippen molar-refractivity contribution in [2.24, 2.45) is 11.8 Å². The fraction of sp³-hybridized carbons (Fsp3) is 0.321. The van der Waals surface area contributed by atoms with Gasteiger partial charge in [-0.1, -0.05) is 42.5 Å². The molecule has 1 N–H and O–H groups in total. The number of imide groups is 1. The van der Waals surface area contributed by atoms with E-state index in [-0.39, 0.29) is 23.8 Å². The summed E-state index contributed by atoms with van der Waals surface area (Å²) < 4.78 is 0. The molecule has 1 spiro atoms. The SMILES string of the molecule is Cc1ccc2c(c1C)NC(=O)[C@]21[C@@H]2C(=O)N(c3ccc4ccccc4c3)C(=O)[C@@H]2[C@@H]2CCCN21. The lowest BCUT2D eigenvalue weighted by atomic mass is 9.75. The number of aryl methyl sites for hydroxylation is 1. The largest absolute Gasteiger partial charge is 0.324 e. The van der Waals surface area contributed by atoms with Gasteiger partial charge in [0.05, 0.1) is 17.5 Å². The van der Waals surface area contributed by atoms with Crippen LogP contribution in [0.3, 0.4) is 0 Å². The topological polar surface area (TPSA) is 69.7 Å². The monoisotopic (exact) mass is 451 g/mol. The Morgan fingerprint density at radius 2 is 1.74 bits per heavy atom. The van der Waals surface area contributed by atoms with Crippen LogP contribution in [0.25, 0.3) is 10.8 Å². The first-order valence-corrected chi connectivity index (χ1v) is 12.0. The summed E-state index contributed by atoms with van der Waals surface area (Å²) in [6, 6.07) is 17.5. The zero-order chi connectivity index (χ0) is 23.4. The van der Waals surface area contributed by atoms with Crippen molar-refractivity contribution in [1.29, 1.82) is 0 Å². The molecule has 3 amide bonds. The number of anilines is 2. The fourth-order valence-electron chi connectivity index (χ4n) is 7.09. The van der Waals surface area contributed by atoms with Crippen LogP contribution in [-0.2, 0) is 19.9 Å². The highest BCUT2D eigenvalue weighted by Gasteiger charge is 2.74. The highest BCUT2D eigenvalue weighted by Crippen LogP contribution is 2.61. The Balaban J connectivity index is 1.42. The first-order chi connectivity index (χ1) is 16.4. The highest BCUT2D eigenvalue weighted by molar-refractivity contribution is 6.26. The van der Waals surface area contributed by atoms with E-state index in [1.54, 1.807) is 0 Å². The van der Waals surface area contributed by atoms with E-state index in [9.17, 15) is 14.4 Å². The number of carbonyl (C=O) groups is 3. The van der Waals surface area contributed by atoms with Crippen LogP contribution in [0.15, 0.2) is 54.6 Å². The Morgan fingerprint density at radius 3 is 2.56 bits per heavy atom. The molecule has 4 atom stereocenters. The molecule has 0 aromatic heterocycles. The van der Waals surface area contributed by atoms with E-state index in [0.29, 0.717) is 12.2 Å². The molecule has 3 saturated heterocycles. The maximum Gasteiger partial charge on any atom is 0.250 e. The molecule has 34 heavy (non-hydrogen) atoms. The lowest BCUT2D eigenvalue weighted by Gasteiger charge is -2.36. The van der Waals surface area contributed by atoms with Gasteiger partial charge in [0.25, 0.3) is 0 Å². The quantitative estimate of drug-likeness (QED) is 0.570. The number of fused-ring (bicyclic) bond motifs is 8. The Labute approximate surface area is 197 Å². The number of hydrogen-bond acceptors (Lipinski definition) is 4. The van der Waals surface area contributed by atoms with Crippen LogP contribution in [0.5, 0.6) is 0 Å². The zero-order valence-electron chi connectivity index (χ0n) is 19.2. The van der Waals surface area contributed by atoms with Gasteiger partial charge in [-0.2, -0.15) is 0 Å². The van der Waals surface area contributed by atoms with Crippen molar-refractivity contribution in [2.75, 3.05) is 16.8 Å². The molecule has 3 aromatic rings. The van der Waals surface area contributed by atoms with Crippen LogP contribution in [0, 0.1) is 25.7 Å².